The molecule has 0 aromatic heterocycles. The lowest BCUT2D eigenvalue weighted by molar-refractivity contribution is -0.870. The maximum Gasteiger partial charge on any atom is 0.472 e. The highest BCUT2D eigenvalue weighted by molar-refractivity contribution is 7.47. The van der Waals surface area contributed by atoms with Gasteiger partial charge in [-0.15, -0.1) is 0 Å². The van der Waals surface area contributed by atoms with Crippen LogP contribution in [-0.2, 0) is 32.7 Å². The van der Waals surface area contributed by atoms with Crippen LogP contribution >= 0.6 is 7.82 Å². The predicted octanol–water partition coefficient (Wildman–Crippen LogP) is 10.5. The molecule has 0 aromatic rings. The van der Waals surface area contributed by atoms with Gasteiger partial charge >= 0.3 is 19.8 Å². The zero-order valence-electron chi connectivity index (χ0n) is 32.0. The molecule has 0 aliphatic heterocycles. The molecule has 0 rings (SSSR count). The number of hydrogen-bond acceptors (Lipinski definition) is 7. The fourth-order valence-electron chi connectivity index (χ4n) is 5.48. The second-order valence-electron chi connectivity index (χ2n) is 14.7. The van der Waals surface area contributed by atoms with E-state index >= 15 is 0 Å². The maximum absolute atomic E-state index is 12.5. The van der Waals surface area contributed by atoms with Crippen molar-refractivity contribution in [3.8, 4) is 0 Å². The topological polar surface area (TPSA) is 108 Å². The molecule has 10 heteroatoms. The van der Waals surface area contributed by atoms with Crippen LogP contribution < -0.4 is 0 Å². The minimum atomic E-state index is -4.35. The smallest absolute Gasteiger partial charge is 0.462 e. The second-order valence-corrected chi connectivity index (χ2v) is 16.1. The molecule has 286 valence electrons. The van der Waals surface area contributed by atoms with Crippen molar-refractivity contribution in [1.82, 2.24) is 0 Å². The van der Waals surface area contributed by atoms with Gasteiger partial charge in [0, 0.05) is 12.8 Å². The van der Waals surface area contributed by atoms with Gasteiger partial charge in [-0.2, -0.15) is 0 Å². The third kappa shape index (κ3) is 34.9. The van der Waals surface area contributed by atoms with E-state index in [4.69, 9.17) is 18.5 Å². The molecule has 0 aliphatic carbocycles. The summed E-state index contributed by atoms with van der Waals surface area (Å²) in [7, 11) is 1.49. The number of likely N-dealkylation sites (N-methyl/N-ethyl adjacent to an activating group) is 1. The number of unbranched alkanes of at least 4 members (excludes halogenated alkanes) is 22. The lowest BCUT2D eigenvalue weighted by Gasteiger charge is -2.24. The average molecular weight is 707 g/mol. The molecule has 0 radical (unpaired) electrons. The van der Waals surface area contributed by atoms with Crippen LogP contribution in [0.25, 0.3) is 0 Å². The van der Waals surface area contributed by atoms with Gasteiger partial charge in [0.25, 0.3) is 0 Å². The van der Waals surface area contributed by atoms with E-state index in [-0.39, 0.29) is 25.6 Å². The Morgan fingerprint density at radius 1 is 0.562 bits per heavy atom. The Kier molecular flexibility index (Phi) is 31.3. The Balaban J connectivity index is 4.24. The zero-order chi connectivity index (χ0) is 35.8. The quantitative estimate of drug-likeness (QED) is 0.0297. The molecule has 0 saturated heterocycles. The molecule has 1 N–H and O–H groups in total. The van der Waals surface area contributed by atoms with Crippen LogP contribution in [0, 0.1) is 0 Å². The summed E-state index contributed by atoms with van der Waals surface area (Å²) in [5.41, 5.74) is 0. The minimum Gasteiger partial charge on any atom is -0.462 e. The van der Waals surface area contributed by atoms with E-state index in [2.05, 4.69) is 13.8 Å². The van der Waals surface area contributed by atoms with Crippen LogP contribution in [0.4, 0.5) is 0 Å². The first-order valence-corrected chi connectivity index (χ1v) is 21.3. The fraction of sp³-hybridized carbons (Fsp3) is 0.947. The molecule has 1 unspecified atom stereocenters. The number of nitrogens with zero attached hydrogens (tertiary/aromatic N) is 1. The largest absolute Gasteiger partial charge is 0.472 e. The number of carbonyl (C=O) groups excluding carboxylic acids is 2. The Bertz CT molecular complexity index is 804. The summed E-state index contributed by atoms with van der Waals surface area (Å²) < 4.78 is 34.1. The molecule has 0 heterocycles. The van der Waals surface area contributed by atoms with Gasteiger partial charge in [-0.3, -0.25) is 18.6 Å². The van der Waals surface area contributed by atoms with Crippen molar-refractivity contribution in [3.63, 3.8) is 0 Å². The molecule has 0 bridgehead atoms. The van der Waals surface area contributed by atoms with Gasteiger partial charge in [0.1, 0.15) is 19.8 Å². The molecular formula is C38H77NO8P+. The molecule has 0 fully saturated rings. The number of quaternary nitrogens is 1. The highest BCUT2D eigenvalue weighted by Crippen LogP contribution is 2.43. The molecule has 0 saturated carbocycles. The molecular weight excluding hydrogens is 629 g/mol. The van der Waals surface area contributed by atoms with Crippen LogP contribution in [0.15, 0.2) is 0 Å². The van der Waals surface area contributed by atoms with Gasteiger partial charge in [-0.1, -0.05) is 155 Å². The SMILES string of the molecule is CCCCCCCCCCCCCCCCCCCC(=O)OC[C@@H](COP(=O)(O)OCC[N+](C)(C)C)OC(=O)CCCCCCCCC. The van der Waals surface area contributed by atoms with E-state index in [9.17, 15) is 19.0 Å². The first-order valence-electron chi connectivity index (χ1n) is 19.8. The summed E-state index contributed by atoms with van der Waals surface area (Å²) in [6.07, 6.45) is 28.8. The number of esters is 2. The highest BCUT2D eigenvalue weighted by atomic mass is 31.2. The molecule has 9 nitrogen and oxygen atoms in total. The van der Waals surface area contributed by atoms with Crippen molar-refractivity contribution in [3.05, 3.63) is 0 Å². The summed E-state index contributed by atoms with van der Waals surface area (Å²) in [5.74, 6) is -0.796. The zero-order valence-corrected chi connectivity index (χ0v) is 32.9. The van der Waals surface area contributed by atoms with Gasteiger partial charge in [0.05, 0.1) is 27.7 Å². The number of carbonyl (C=O) groups is 2. The van der Waals surface area contributed by atoms with Crippen molar-refractivity contribution in [2.24, 2.45) is 0 Å². The second kappa shape index (κ2) is 32.0. The summed E-state index contributed by atoms with van der Waals surface area (Å²) in [5, 5.41) is 0. The lowest BCUT2D eigenvalue weighted by Crippen LogP contribution is -2.37. The fourth-order valence-corrected chi connectivity index (χ4v) is 6.23. The van der Waals surface area contributed by atoms with Gasteiger partial charge in [0.2, 0.25) is 0 Å². The molecule has 0 spiro atoms. The minimum absolute atomic E-state index is 0.0360. The maximum atomic E-state index is 12.5. The number of phosphoric acid groups is 1. The Morgan fingerprint density at radius 3 is 1.33 bits per heavy atom. The summed E-state index contributed by atoms with van der Waals surface area (Å²) in [4.78, 5) is 35.0. The number of ether oxygens (including phenoxy) is 2. The van der Waals surface area contributed by atoms with Crippen LogP contribution in [0.3, 0.4) is 0 Å². The van der Waals surface area contributed by atoms with Crippen LogP contribution in [0.5, 0.6) is 0 Å². The molecule has 0 aromatic carbocycles. The monoisotopic (exact) mass is 707 g/mol. The first-order chi connectivity index (χ1) is 23.0. The lowest BCUT2D eigenvalue weighted by atomic mass is 10.0. The summed E-state index contributed by atoms with van der Waals surface area (Å²) in [6.45, 7) is 4.38. The first kappa shape index (κ1) is 47.0. The van der Waals surface area contributed by atoms with Crippen LogP contribution in [-0.4, -0.2) is 74.9 Å². The summed E-state index contributed by atoms with van der Waals surface area (Å²) >= 11 is 0. The molecule has 0 aliphatic rings. The van der Waals surface area contributed by atoms with Crippen molar-refractivity contribution < 1.29 is 42.1 Å². The van der Waals surface area contributed by atoms with Gasteiger partial charge < -0.3 is 18.9 Å². The number of rotatable bonds is 36. The van der Waals surface area contributed by atoms with E-state index in [1.807, 2.05) is 21.1 Å². The standard InChI is InChI=1S/C38H76NO8P/c1-6-8-10-12-14-15-16-17-18-19-20-21-22-23-25-26-28-30-37(40)44-34-36(35-46-48(42,43)45-33-32-39(3,4)5)47-38(41)31-29-27-24-13-11-9-7-2/h36H,6-35H2,1-5H3/p+1/t36-/m0/s1. The van der Waals surface area contributed by atoms with E-state index in [1.54, 1.807) is 0 Å². The molecule has 48 heavy (non-hydrogen) atoms. The third-order valence-electron chi connectivity index (χ3n) is 8.64. The number of phosphoric ester groups is 1. The summed E-state index contributed by atoms with van der Waals surface area (Å²) in [6, 6.07) is 0. The Labute approximate surface area is 295 Å². The highest BCUT2D eigenvalue weighted by Gasteiger charge is 2.27. The predicted molar refractivity (Wildman–Crippen MR) is 197 cm³/mol. The van der Waals surface area contributed by atoms with E-state index in [1.165, 1.54) is 109 Å². The van der Waals surface area contributed by atoms with Crippen LogP contribution in [0.1, 0.15) is 181 Å². The third-order valence-corrected chi connectivity index (χ3v) is 9.62. The van der Waals surface area contributed by atoms with E-state index in [0.717, 1.165) is 38.5 Å². The average Bonchev–Trinajstić information content (AvgIpc) is 3.02. The van der Waals surface area contributed by atoms with Crippen molar-refractivity contribution >= 4 is 19.8 Å². The number of hydrogen-bond donors (Lipinski definition) is 1. The Morgan fingerprint density at radius 2 is 0.938 bits per heavy atom. The molecule has 0 amide bonds. The van der Waals surface area contributed by atoms with Gasteiger partial charge in [-0.25, -0.2) is 4.57 Å². The van der Waals surface area contributed by atoms with E-state index < -0.39 is 26.5 Å². The van der Waals surface area contributed by atoms with Crippen molar-refractivity contribution in [2.45, 2.75) is 187 Å². The molecule has 2 atom stereocenters. The van der Waals surface area contributed by atoms with Crippen LogP contribution in [0.2, 0.25) is 0 Å². The van der Waals surface area contributed by atoms with Gasteiger partial charge in [0.15, 0.2) is 6.10 Å². The Hall–Kier alpha value is -0.990. The van der Waals surface area contributed by atoms with E-state index in [0.29, 0.717) is 23.9 Å². The van der Waals surface area contributed by atoms with Crippen molar-refractivity contribution in [2.75, 3.05) is 47.5 Å². The van der Waals surface area contributed by atoms with Crippen molar-refractivity contribution in [1.29, 1.82) is 0 Å². The normalized spacial score (nSPS) is 13.7. The van der Waals surface area contributed by atoms with Gasteiger partial charge in [-0.05, 0) is 12.8 Å².